The molecule has 0 fully saturated rings. The molecule has 1 unspecified atom stereocenters. The molecule has 0 aliphatic carbocycles. The quantitative estimate of drug-likeness (QED) is 0.772. The van der Waals surface area contributed by atoms with Crippen LogP contribution >= 0.6 is 0 Å². The number of carbonyl (C=O) groups excluding carboxylic acids is 1. The highest BCUT2D eigenvalue weighted by molar-refractivity contribution is 7.89. The third-order valence-electron chi connectivity index (χ3n) is 2.40. The lowest BCUT2D eigenvalue weighted by Gasteiger charge is -2.18. The van der Waals surface area contributed by atoms with Gasteiger partial charge in [-0.15, -0.1) is 0 Å². The second-order valence-electron chi connectivity index (χ2n) is 4.26. The van der Waals surface area contributed by atoms with Gasteiger partial charge in [0.2, 0.25) is 15.9 Å². The maximum Gasteiger partial charge on any atom is 0.243 e. The maximum atomic E-state index is 12.9. The molecular weight excluding hydrogens is 273 g/mol. The molecule has 0 aliphatic heterocycles. The van der Waals surface area contributed by atoms with Crippen LogP contribution < -0.4 is 10.5 Å². The van der Waals surface area contributed by atoms with Crippen LogP contribution in [0.5, 0.6) is 0 Å². The largest absolute Gasteiger partial charge is 0.398 e. The summed E-state index contributed by atoms with van der Waals surface area (Å²) in [7, 11) is -0.948. The number of hydrogen-bond donors (Lipinski definition) is 2. The lowest BCUT2D eigenvalue weighted by Crippen LogP contribution is -2.44. The maximum absolute atomic E-state index is 12.9. The van der Waals surface area contributed by atoms with E-state index >= 15 is 0 Å². The van der Waals surface area contributed by atoms with Gasteiger partial charge in [0.1, 0.15) is 10.7 Å². The first kappa shape index (κ1) is 15.4. The van der Waals surface area contributed by atoms with Gasteiger partial charge in [-0.2, -0.15) is 4.72 Å². The molecule has 0 radical (unpaired) electrons. The fourth-order valence-electron chi connectivity index (χ4n) is 1.50. The highest BCUT2D eigenvalue weighted by Crippen LogP contribution is 2.19. The molecule has 0 saturated carbocycles. The molecule has 0 bridgehead atoms. The number of nitrogens with two attached hydrogens (primary N) is 1. The van der Waals surface area contributed by atoms with Crippen LogP contribution in [0.4, 0.5) is 10.1 Å². The number of amides is 1. The third-order valence-corrected chi connectivity index (χ3v) is 4.02. The zero-order chi connectivity index (χ0) is 14.8. The summed E-state index contributed by atoms with van der Waals surface area (Å²) < 4.78 is 39.1. The minimum absolute atomic E-state index is 0.211. The predicted octanol–water partition coefficient (Wildman–Crippen LogP) is 0.163. The zero-order valence-corrected chi connectivity index (χ0v) is 11.7. The number of benzene rings is 1. The number of halogens is 1. The van der Waals surface area contributed by atoms with Crippen LogP contribution in [-0.2, 0) is 14.8 Å². The summed E-state index contributed by atoms with van der Waals surface area (Å²) in [6.45, 7) is 1.42. The SMILES string of the molecule is CC(NS(=O)(=O)c1ccc(F)cc1N)C(=O)N(C)C. The van der Waals surface area contributed by atoms with E-state index in [1.54, 1.807) is 0 Å². The Hall–Kier alpha value is -1.67. The van der Waals surface area contributed by atoms with Gasteiger partial charge in [-0.25, -0.2) is 12.8 Å². The molecule has 8 heteroatoms. The standard InChI is InChI=1S/C11H16FN3O3S/c1-7(11(16)15(2)3)14-19(17,18)10-5-4-8(12)6-9(10)13/h4-7,14H,13H2,1-3H3. The van der Waals surface area contributed by atoms with Crippen LogP contribution in [0.15, 0.2) is 23.1 Å². The first-order valence-corrected chi connectivity index (χ1v) is 6.92. The number of sulfonamides is 1. The van der Waals surface area contributed by atoms with Gasteiger partial charge in [0.25, 0.3) is 0 Å². The van der Waals surface area contributed by atoms with Gasteiger partial charge in [0.15, 0.2) is 0 Å². The van der Waals surface area contributed by atoms with Crippen LogP contribution in [0.25, 0.3) is 0 Å². The van der Waals surface area contributed by atoms with Gasteiger partial charge in [0.05, 0.1) is 11.7 Å². The Morgan fingerprint density at radius 2 is 2.00 bits per heavy atom. The molecule has 0 saturated heterocycles. The van der Waals surface area contributed by atoms with Gasteiger partial charge < -0.3 is 10.6 Å². The van der Waals surface area contributed by atoms with Crippen molar-refractivity contribution in [1.82, 2.24) is 9.62 Å². The summed E-state index contributed by atoms with van der Waals surface area (Å²) in [6, 6.07) is 2.01. The van der Waals surface area contributed by atoms with E-state index in [9.17, 15) is 17.6 Å². The predicted molar refractivity (Wildman–Crippen MR) is 69.3 cm³/mol. The van der Waals surface area contributed by atoms with E-state index in [1.807, 2.05) is 0 Å². The van der Waals surface area contributed by atoms with Crippen molar-refractivity contribution in [2.75, 3.05) is 19.8 Å². The Kier molecular flexibility index (Phi) is 4.48. The van der Waals surface area contributed by atoms with E-state index in [0.29, 0.717) is 0 Å². The number of hydrogen-bond acceptors (Lipinski definition) is 4. The summed E-state index contributed by atoms with van der Waals surface area (Å²) in [5, 5.41) is 0. The molecule has 106 valence electrons. The first-order chi connectivity index (χ1) is 8.65. The highest BCUT2D eigenvalue weighted by Gasteiger charge is 2.24. The lowest BCUT2D eigenvalue weighted by atomic mass is 10.3. The van der Waals surface area contributed by atoms with E-state index in [2.05, 4.69) is 4.72 Å². The Labute approximate surface area is 111 Å². The summed E-state index contributed by atoms with van der Waals surface area (Å²) in [6.07, 6.45) is 0. The summed E-state index contributed by atoms with van der Waals surface area (Å²) in [4.78, 5) is 12.6. The van der Waals surface area contributed by atoms with E-state index < -0.39 is 27.8 Å². The Balaban J connectivity index is 3.02. The zero-order valence-electron chi connectivity index (χ0n) is 10.8. The van der Waals surface area contributed by atoms with E-state index in [0.717, 1.165) is 18.2 Å². The van der Waals surface area contributed by atoms with Crippen LogP contribution in [-0.4, -0.2) is 39.4 Å². The van der Waals surface area contributed by atoms with Gasteiger partial charge in [0, 0.05) is 14.1 Å². The number of anilines is 1. The molecule has 0 aromatic heterocycles. The van der Waals surface area contributed by atoms with Crippen LogP contribution in [0.1, 0.15) is 6.92 Å². The van der Waals surface area contributed by atoms with Crippen molar-refractivity contribution < 1.29 is 17.6 Å². The fourth-order valence-corrected chi connectivity index (χ4v) is 2.81. The Bertz CT molecular complexity index is 587. The number of carbonyl (C=O) groups is 1. The van der Waals surface area contributed by atoms with Gasteiger partial charge in [-0.1, -0.05) is 0 Å². The van der Waals surface area contributed by atoms with Crippen molar-refractivity contribution >= 4 is 21.6 Å². The average Bonchev–Trinajstić information content (AvgIpc) is 2.26. The molecule has 1 aromatic carbocycles. The number of nitrogens with zero attached hydrogens (tertiary/aromatic N) is 1. The molecule has 1 amide bonds. The van der Waals surface area contributed by atoms with Crippen LogP contribution in [0.2, 0.25) is 0 Å². The number of nitrogens with one attached hydrogen (secondary N) is 1. The second-order valence-corrected chi connectivity index (χ2v) is 5.94. The minimum Gasteiger partial charge on any atom is -0.398 e. The Morgan fingerprint density at radius 3 is 2.47 bits per heavy atom. The van der Waals surface area contributed by atoms with E-state index in [1.165, 1.54) is 25.9 Å². The fraction of sp³-hybridized carbons (Fsp3) is 0.364. The van der Waals surface area contributed by atoms with Gasteiger partial charge >= 0.3 is 0 Å². The minimum atomic E-state index is -3.97. The smallest absolute Gasteiger partial charge is 0.243 e. The topological polar surface area (TPSA) is 92.5 Å². The summed E-state index contributed by atoms with van der Waals surface area (Å²) >= 11 is 0. The van der Waals surface area contributed by atoms with Crippen LogP contribution in [0, 0.1) is 5.82 Å². The van der Waals surface area contributed by atoms with Gasteiger partial charge in [-0.05, 0) is 25.1 Å². The summed E-state index contributed by atoms with van der Waals surface area (Å²) in [5.41, 5.74) is 5.25. The molecule has 0 aliphatic rings. The molecule has 1 aromatic rings. The van der Waals surface area contributed by atoms with E-state index in [-0.39, 0.29) is 10.6 Å². The lowest BCUT2D eigenvalue weighted by molar-refractivity contribution is -0.130. The second kappa shape index (κ2) is 5.54. The molecule has 3 N–H and O–H groups in total. The first-order valence-electron chi connectivity index (χ1n) is 5.43. The van der Waals surface area contributed by atoms with Gasteiger partial charge in [-0.3, -0.25) is 4.79 Å². The van der Waals surface area contributed by atoms with Crippen molar-refractivity contribution in [3.05, 3.63) is 24.0 Å². The van der Waals surface area contributed by atoms with Crippen molar-refractivity contribution in [2.45, 2.75) is 17.9 Å². The third kappa shape index (κ3) is 3.65. The summed E-state index contributed by atoms with van der Waals surface area (Å²) in [5.74, 6) is -1.03. The number of rotatable bonds is 4. The van der Waals surface area contributed by atoms with Crippen molar-refractivity contribution in [3.63, 3.8) is 0 Å². The molecule has 6 nitrogen and oxygen atoms in total. The molecular formula is C11H16FN3O3S. The monoisotopic (exact) mass is 289 g/mol. The molecule has 19 heavy (non-hydrogen) atoms. The van der Waals surface area contributed by atoms with Crippen molar-refractivity contribution in [3.8, 4) is 0 Å². The van der Waals surface area contributed by atoms with Crippen LogP contribution in [0.3, 0.4) is 0 Å². The number of likely N-dealkylation sites (N-methyl/N-ethyl adjacent to an activating group) is 1. The Morgan fingerprint density at radius 1 is 1.42 bits per heavy atom. The molecule has 0 heterocycles. The highest BCUT2D eigenvalue weighted by atomic mass is 32.2. The van der Waals surface area contributed by atoms with E-state index in [4.69, 9.17) is 5.73 Å². The average molecular weight is 289 g/mol. The number of nitrogen functional groups attached to an aromatic ring is 1. The van der Waals surface area contributed by atoms with Crippen molar-refractivity contribution in [1.29, 1.82) is 0 Å². The molecule has 0 spiro atoms. The molecule has 1 atom stereocenters. The normalized spacial score (nSPS) is 13.1. The molecule has 1 rings (SSSR count). The van der Waals surface area contributed by atoms with Crippen molar-refractivity contribution in [2.24, 2.45) is 0 Å².